The van der Waals surface area contributed by atoms with E-state index in [0.29, 0.717) is 41.4 Å². The number of hydrogen-bond acceptors (Lipinski definition) is 7. The molecule has 3 heterocycles. The first-order valence-electron chi connectivity index (χ1n) is 12.2. The highest BCUT2D eigenvalue weighted by Crippen LogP contribution is 2.24. The molecule has 1 aliphatic heterocycles. The number of nitrogens with zero attached hydrogens (tertiary/aromatic N) is 5. The Morgan fingerprint density at radius 1 is 1.24 bits per heavy atom. The molecule has 1 fully saturated rings. The SMILES string of the molecule is CC#CCn1c(N2CCCC(N)C2)nc2ccn(CC(=O)c3ccccc3OCC(=O)N(C)C)c(=O)c21. The van der Waals surface area contributed by atoms with E-state index in [1.165, 1.54) is 9.47 Å². The van der Waals surface area contributed by atoms with Gasteiger partial charge < -0.3 is 24.8 Å². The van der Waals surface area contributed by atoms with E-state index in [1.54, 1.807) is 57.5 Å². The zero-order valence-electron chi connectivity index (χ0n) is 21.4. The lowest BCUT2D eigenvalue weighted by atomic mass is 10.1. The van der Waals surface area contributed by atoms with Gasteiger partial charge in [0, 0.05) is 39.4 Å². The van der Waals surface area contributed by atoms with Crippen LogP contribution in [-0.4, -0.2) is 70.5 Å². The zero-order valence-corrected chi connectivity index (χ0v) is 21.4. The largest absolute Gasteiger partial charge is 0.483 e. The van der Waals surface area contributed by atoms with Crippen LogP contribution in [0.3, 0.4) is 0 Å². The summed E-state index contributed by atoms with van der Waals surface area (Å²) < 4.78 is 8.80. The molecule has 1 amide bonds. The van der Waals surface area contributed by atoms with Crippen LogP contribution in [-0.2, 0) is 17.9 Å². The van der Waals surface area contributed by atoms with Gasteiger partial charge in [-0.25, -0.2) is 4.98 Å². The van der Waals surface area contributed by atoms with Crippen LogP contribution >= 0.6 is 0 Å². The summed E-state index contributed by atoms with van der Waals surface area (Å²) >= 11 is 0. The number of anilines is 1. The molecule has 10 nitrogen and oxygen atoms in total. The number of benzene rings is 1. The molecule has 0 aliphatic carbocycles. The van der Waals surface area contributed by atoms with Crippen LogP contribution in [0.15, 0.2) is 41.3 Å². The van der Waals surface area contributed by atoms with Gasteiger partial charge in [0.05, 0.1) is 24.2 Å². The smallest absolute Gasteiger partial charge is 0.277 e. The van der Waals surface area contributed by atoms with Crippen LogP contribution in [0.4, 0.5) is 5.95 Å². The minimum atomic E-state index is -0.329. The first-order valence-corrected chi connectivity index (χ1v) is 12.2. The first-order chi connectivity index (χ1) is 17.8. The molecule has 2 aromatic heterocycles. The third kappa shape index (κ3) is 5.67. The summed E-state index contributed by atoms with van der Waals surface area (Å²) in [7, 11) is 3.26. The van der Waals surface area contributed by atoms with Gasteiger partial charge in [-0.15, -0.1) is 5.92 Å². The maximum Gasteiger partial charge on any atom is 0.277 e. The third-order valence-corrected chi connectivity index (χ3v) is 6.36. The Morgan fingerprint density at radius 2 is 2.03 bits per heavy atom. The van der Waals surface area contributed by atoms with E-state index in [1.807, 2.05) is 4.57 Å². The van der Waals surface area contributed by atoms with Crippen LogP contribution in [0.5, 0.6) is 5.75 Å². The molecule has 10 heteroatoms. The maximum absolute atomic E-state index is 13.6. The van der Waals surface area contributed by atoms with Gasteiger partial charge in [0.15, 0.2) is 12.4 Å². The number of rotatable bonds is 8. The highest BCUT2D eigenvalue weighted by atomic mass is 16.5. The van der Waals surface area contributed by atoms with Crippen molar-refractivity contribution in [2.75, 3.05) is 38.7 Å². The quantitative estimate of drug-likeness (QED) is 0.365. The van der Waals surface area contributed by atoms with Crippen LogP contribution in [0.25, 0.3) is 11.0 Å². The van der Waals surface area contributed by atoms with Crippen LogP contribution in [0, 0.1) is 11.8 Å². The highest BCUT2D eigenvalue weighted by Gasteiger charge is 2.24. The number of para-hydroxylation sites is 1. The summed E-state index contributed by atoms with van der Waals surface area (Å²) in [6.45, 7) is 3.13. The average Bonchev–Trinajstić information content (AvgIpc) is 3.27. The number of fused-ring (bicyclic) bond motifs is 1. The summed E-state index contributed by atoms with van der Waals surface area (Å²) in [6, 6.07) is 8.49. The highest BCUT2D eigenvalue weighted by molar-refractivity contribution is 5.98. The van der Waals surface area contributed by atoms with Crippen LogP contribution in [0.2, 0.25) is 0 Å². The van der Waals surface area contributed by atoms with Gasteiger partial charge in [-0.2, -0.15) is 0 Å². The summed E-state index contributed by atoms with van der Waals surface area (Å²) in [6.07, 6.45) is 3.48. The van der Waals surface area contributed by atoms with Crippen molar-refractivity contribution in [2.45, 2.75) is 38.9 Å². The van der Waals surface area contributed by atoms with E-state index in [-0.39, 0.29) is 36.4 Å². The molecule has 3 aromatic rings. The second kappa shape index (κ2) is 11.3. The van der Waals surface area contributed by atoms with Gasteiger partial charge in [-0.1, -0.05) is 18.1 Å². The molecule has 1 aliphatic rings. The molecule has 37 heavy (non-hydrogen) atoms. The molecule has 1 atom stereocenters. The molecule has 1 saturated heterocycles. The zero-order chi connectivity index (χ0) is 26.5. The van der Waals surface area contributed by atoms with Crippen molar-refractivity contribution in [1.82, 2.24) is 19.0 Å². The number of piperidine rings is 1. The number of ether oxygens (including phenoxy) is 1. The van der Waals surface area contributed by atoms with Crippen molar-refractivity contribution >= 4 is 28.7 Å². The molecule has 2 N–H and O–H groups in total. The minimum Gasteiger partial charge on any atom is -0.483 e. The van der Waals surface area contributed by atoms with Crippen LogP contribution in [0.1, 0.15) is 30.1 Å². The van der Waals surface area contributed by atoms with E-state index >= 15 is 0 Å². The molecule has 0 bridgehead atoms. The summed E-state index contributed by atoms with van der Waals surface area (Å²) in [5.74, 6) is 6.35. The molecular weight excluding hydrogens is 472 g/mol. The number of Topliss-reactive ketones (excluding diaryl/α,β-unsaturated/α-hetero) is 1. The van der Waals surface area contributed by atoms with E-state index in [4.69, 9.17) is 15.5 Å². The average molecular weight is 505 g/mol. The summed E-state index contributed by atoms with van der Waals surface area (Å²) in [4.78, 5) is 47.0. The van der Waals surface area contributed by atoms with Gasteiger partial charge in [-0.05, 0) is 38.0 Å². The van der Waals surface area contributed by atoms with Crippen molar-refractivity contribution in [3.8, 4) is 17.6 Å². The lowest BCUT2D eigenvalue weighted by Crippen LogP contribution is -2.44. The number of carbonyl (C=O) groups excluding carboxylic acids is 2. The number of carbonyl (C=O) groups is 2. The summed E-state index contributed by atoms with van der Waals surface area (Å²) in [5, 5.41) is 0. The number of hydrogen-bond donors (Lipinski definition) is 1. The number of nitrogens with two attached hydrogens (primary N) is 1. The molecule has 1 unspecified atom stereocenters. The van der Waals surface area contributed by atoms with Crippen molar-refractivity contribution in [3.05, 3.63) is 52.4 Å². The number of aromatic nitrogens is 3. The number of likely N-dealkylation sites (N-methyl/N-ethyl adjacent to an activating group) is 1. The monoisotopic (exact) mass is 504 g/mol. The number of pyridine rings is 1. The van der Waals surface area contributed by atoms with E-state index in [9.17, 15) is 14.4 Å². The molecule has 0 spiro atoms. The predicted molar refractivity (Wildman–Crippen MR) is 142 cm³/mol. The second-order valence-corrected chi connectivity index (χ2v) is 9.25. The van der Waals surface area contributed by atoms with Crippen molar-refractivity contribution < 1.29 is 14.3 Å². The Morgan fingerprint density at radius 3 is 2.76 bits per heavy atom. The number of imidazole rings is 1. The topological polar surface area (TPSA) is 116 Å². The maximum atomic E-state index is 13.6. The standard InChI is InChI=1S/C27H32N6O4/c1-4-5-14-33-25-21(29-27(33)32-13-8-9-19(28)16-32)12-15-31(26(25)36)17-22(34)20-10-6-7-11-23(20)37-18-24(35)30(2)3/h6-7,10-12,15,19H,8-9,13-14,16-18,28H2,1-3H3. The minimum absolute atomic E-state index is 0.0452. The third-order valence-electron chi connectivity index (χ3n) is 6.36. The molecule has 1 aromatic carbocycles. The Balaban J connectivity index is 1.66. The second-order valence-electron chi connectivity index (χ2n) is 9.25. The van der Waals surface area contributed by atoms with E-state index in [0.717, 1.165) is 19.4 Å². The van der Waals surface area contributed by atoms with Crippen molar-refractivity contribution in [1.29, 1.82) is 0 Å². The van der Waals surface area contributed by atoms with Gasteiger partial charge in [0.1, 0.15) is 11.3 Å². The first kappa shape index (κ1) is 26.0. The fraction of sp³-hybridized carbons (Fsp3) is 0.407. The molecule has 4 rings (SSSR count). The van der Waals surface area contributed by atoms with Gasteiger partial charge in [0.2, 0.25) is 5.95 Å². The Labute approximate surface area is 215 Å². The van der Waals surface area contributed by atoms with Gasteiger partial charge >= 0.3 is 0 Å². The van der Waals surface area contributed by atoms with E-state index in [2.05, 4.69) is 16.7 Å². The Bertz CT molecular complexity index is 1430. The Hall–Kier alpha value is -4.10. The van der Waals surface area contributed by atoms with Crippen LogP contribution < -0.4 is 20.9 Å². The summed E-state index contributed by atoms with van der Waals surface area (Å²) in [5.41, 5.74) is 7.11. The number of ketones is 1. The van der Waals surface area contributed by atoms with Crippen molar-refractivity contribution in [2.24, 2.45) is 5.73 Å². The molecule has 0 radical (unpaired) electrons. The van der Waals surface area contributed by atoms with Crippen molar-refractivity contribution in [3.63, 3.8) is 0 Å². The fourth-order valence-corrected chi connectivity index (χ4v) is 4.36. The Kier molecular flexibility index (Phi) is 7.94. The van der Waals surface area contributed by atoms with E-state index < -0.39 is 0 Å². The van der Waals surface area contributed by atoms with Gasteiger partial charge in [0.25, 0.3) is 11.5 Å². The lowest BCUT2D eigenvalue weighted by molar-refractivity contribution is -0.130. The van der Waals surface area contributed by atoms with Gasteiger partial charge in [-0.3, -0.25) is 19.0 Å². The molecule has 194 valence electrons. The fourth-order valence-electron chi connectivity index (χ4n) is 4.36. The number of amides is 1. The molecule has 0 saturated carbocycles. The normalized spacial score (nSPS) is 15.2. The predicted octanol–water partition coefficient (Wildman–Crippen LogP) is 1.50. The lowest BCUT2D eigenvalue weighted by Gasteiger charge is -2.31. The molecular formula is C27H32N6O4.